The van der Waals surface area contributed by atoms with Crippen molar-refractivity contribution < 1.29 is 0 Å². The van der Waals surface area contributed by atoms with Crippen molar-refractivity contribution in [2.45, 2.75) is 32.1 Å². The molecule has 0 amide bonds. The van der Waals surface area contributed by atoms with Crippen LogP contribution in [0.3, 0.4) is 0 Å². The van der Waals surface area contributed by atoms with Gasteiger partial charge in [-0.3, -0.25) is 0 Å². The topological polar surface area (TPSA) is 35.8 Å². The lowest BCUT2D eigenvalue weighted by Crippen LogP contribution is -2.26. The van der Waals surface area contributed by atoms with E-state index in [1.807, 2.05) is 30.3 Å². The normalized spacial score (nSPS) is 24.7. The fraction of sp³-hybridized carbons (Fsp3) is 0.562. The van der Waals surface area contributed by atoms with Crippen LogP contribution in [-0.4, -0.2) is 13.1 Å². The first-order valence-corrected chi connectivity index (χ1v) is 6.95. The highest BCUT2D eigenvalue weighted by atomic mass is 14.9. The highest BCUT2D eigenvalue weighted by Gasteiger charge is 2.21. The van der Waals surface area contributed by atoms with Gasteiger partial charge in [0.15, 0.2) is 0 Å². The average Bonchev–Trinajstić information content (AvgIpc) is 2.81. The van der Waals surface area contributed by atoms with Crippen molar-refractivity contribution in [3.63, 3.8) is 0 Å². The minimum atomic E-state index is -0.0231. The molecule has 96 valence electrons. The quantitative estimate of drug-likeness (QED) is 0.859. The molecule has 2 heteroatoms. The second-order valence-corrected chi connectivity index (χ2v) is 5.53. The first-order chi connectivity index (χ1) is 8.79. The largest absolute Gasteiger partial charge is 0.315 e. The van der Waals surface area contributed by atoms with Crippen LogP contribution in [0.1, 0.15) is 37.7 Å². The molecule has 1 aliphatic rings. The SMILES string of the molecule is CC1CCC(CNCC(C#N)c2ccccc2)C1. The van der Waals surface area contributed by atoms with Gasteiger partial charge in [-0.1, -0.05) is 43.7 Å². The van der Waals surface area contributed by atoms with Gasteiger partial charge >= 0.3 is 0 Å². The monoisotopic (exact) mass is 242 g/mol. The predicted octanol–water partition coefficient (Wildman–Crippen LogP) is 3.32. The first kappa shape index (κ1) is 13.1. The molecule has 1 fully saturated rings. The van der Waals surface area contributed by atoms with E-state index in [1.54, 1.807) is 0 Å². The number of hydrogen-bond acceptors (Lipinski definition) is 2. The zero-order chi connectivity index (χ0) is 12.8. The van der Waals surface area contributed by atoms with Gasteiger partial charge in [0, 0.05) is 6.54 Å². The molecule has 2 nitrogen and oxygen atoms in total. The summed E-state index contributed by atoms with van der Waals surface area (Å²) >= 11 is 0. The molecule has 0 aromatic heterocycles. The van der Waals surface area contributed by atoms with Crippen molar-refractivity contribution in [3.05, 3.63) is 35.9 Å². The molecule has 1 N–H and O–H groups in total. The van der Waals surface area contributed by atoms with Crippen LogP contribution >= 0.6 is 0 Å². The second-order valence-electron chi connectivity index (χ2n) is 5.53. The van der Waals surface area contributed by atoms with Gasteiger partial charge in [-0.25, -0.2) is 0 Å². The molecular formula is C16H22N2. The average molecular weight is 242 g/mol. The lowest BCUT2D eigenvalue weighted by atomic mass is 10.00. The molecule has 0 heterocycles. The van der Waals surface area contributed by atoms with E-state index in [0.29, 0.717) is 0 Å². The number of hydrogen-bond donors (Lipinski definition) is 1. The van der Waals surface area contributed by atoms with Crippen LogP contribution in [0.15, 0.2) is 30.3 Å². The van der Waals surface area contributed by atoms with Crippen molar-refractivity contribution in [3.8, 4) is 6.07 Å². The summed E-state index contributed by atoms with van der Waals surface area (Å²) in [6.45, 7) is 4.17. The molecule has 0 radical (unpaired) electrons. The number of nitrogens with zero attached hydrogens (tertiary/aromatic N) is 1. The van der Waals surface area contributed by atoms with Crippen LogP contribution in [0, 0.1) is 23.2 Å². The molecule has 1 aliphatic carbocycles. The van der Waals surface area contributed by atoms with Gasteiger partial charge in [0.2, 0.25) is 0 Å². The van der Waals surface area contributed by atoms with Gasteiger partial charge in [-0.05, 0) is 36.8 Å². The molecule has 1 saturated carbocycles. The number of benzene rings is 1. The van der Waals surface area contributed by atoms with Crippen LogP contribution in [0.2, 0.25) is 0 Å². The molecule has 3 atom stereocenters. The fourth-order valence-electron chi connectivity index (χ4n) is 2.87. The van der Waals surface area contributed by atoms with E-state index in [0.717, 1.165) is 30.5 Å². The van der Waals surface area contributed by atoms with Crippen molar-refractivity contribution >= 4 is 0 Å². The van der Waals surface area contributed by atoms with Crippen LogP contribution in [0.25, 0.3) is 0 Å². The predicted molar refractivity (Wildman–Crippen MR) is 74.2 cm³/mol. The minimum Gasteiger partial charge on any atom is -0.315 e. The lowest BCUT2D eigenvalue weighted by Gasteiger charge is -2.14. The third-order valence-electron chi connectivity index (χ3n) is 3.94. The molecule has 0 saturated heterocycles. The van der Waals surface area contributed by atoms with E-state index >= 15 is 0 Å². The third kappa shape index (κ3) is 3.58. The molecule has 1 aromatic carbocycles. The van der Waals surface area contributed by atoms with Crippen LogP contribution in [0.5, 0.6) is 0 Å². The summed E-state index contributed by atoms with van der Waals surface area (Å²) < 4.78 is 0. The van der Waals surface area contributed by atoms with E-state index in [4.69, 9.17) is 0 Å². The highest BCUT2D eigenvalue weighted by molar-refractivity contribution is 5.24. The summed E-state index contributed by atoms with van der Waals surface area (Å²) in [5, 5.41) is 12.7. The fourth-order valence-corrected chi connectivity index (χ4v) is 2.87. The van der Waals surface area contributed by atoms with E-state index in [2.05, 4.69) is 18.3 Å². The van der Waals surface area contributed by atoms with Crippen molar-refractivity contribution in [1.29, 1.82) is 5.26 Å². The van der Waals surface area contributed by atoms with E-state index in [1.165, 1.54) is 19.3 Å². The van der Waals surface area contributed by atoms with E-state index in [9.17, 15) is 5.26 Å². The standard InChI is InChI=1S/C16H22N2/c1-13-7-8-14(9-13)11-18-12-16(10-17)15-5-3-2-4-6-15/h2-6,13-14,16,18H,7-9,11-12H2,1H3. The zero-order valence-electron chi connectivity index (χ0n) is 11.1. The maximum atomic E-state index is 9.22. The van der Waals surface area contributed by atoms with E-state index in [-0.39, 0.29) is 5.92 Å². The number of rotatable bonds is 5. The summed E-state index contributed by atoms with van der Waals surface area (Å²) in [6, 6.07) is 12.4. The maximum absolute atomic E-state index is 9.22. The summed E-state index contributed by atoms with van der Waals surface area (Å²) in [5.41, 5.74) is 1.12. The van der Waals surface area contributed by atoms with Crippen molar-refractivity contribution in [1.82, 2.24) is 5.32 Å². The maximum Gasteiger partial charge on any atom is 0.0837 e. The number of nitrogens with one attached hydrogen (secondary N) is 1. The second kappa shape index (κ2) is 6.56. The molecule has 3 unspecified atom stereocenters. The summed E-state index contributed by atoms with van der Waals surface area (Å²) in [5.74, 6) is 1.68. The van der Waals surface area contributed by atoms with Gasteiger partial charge < -0.3 is 5.32 Å². The first-order valence-electron chi connectivity index (χ1n) is 6.95. The Morgan fingerprint density at radius 3 is 2.72 bits per heavy atom. The van der Waals surface area contributed by atoms with Crippen molar-refractivity contribution in [2.75, 3.05) is 13.1 Å². The Kier molecular flexibility index (Phi) is 4.78. The molecule has 0 spiro atoms. The zero-order valence-corrected chi connectivity index (χ0v) is 11.1. The Hall–Kier alpha value is -1.33. The van der Waals surface area contributed by atoms with Gasteiger partial charge in [0.25, 0.3) is 0 Å². The Morgan fingerprint density at radius 2 is 2.11 bits per heavy atom. The summed E-state index contributed by atoms with van der Waals surface area (Å²) in [7, 11) is 0. The summed E-state index contributed by atoms with van der Waals surface area (Å²) in [6.07, 6.45) is 4.05. The van der Waals surface area contributed by atoms with Crippen LogP contribution in [-0.2, 0) is 0 Å². The molecular weight excluding hydrogens is 220 g/mol. The van der Waals surface area contributed by atoms with Gasteiger partial charge in [-0.15, -0.1) is 0 Å². The molecule has 18 heavy (non-hydrogen) atoms. The minimum absolute atomic E-state index is 0.0231. The lowest BCUT2D eigenvalue weighted by molar-refractivity contribution is 0.468. The Bertz CT molecular complexity index is 393. The van der Waals surface area contributed by atoms with Gasteiger partial charge in [0.05, 0.1) is 12.0 Å². The van der Waals surface area contributed by atoms with Crippen LogP contribution < -0.4 is 5.32 Å². The Labute approximate surface area is 110 Å². The number of nitriles is 1. The van der Waals surface area contributed by atoms with Gasteiger partial charge in [0.1, 0.15) is 0 Å². The van der Waals surface area contributed by atoms with Crippen LogP contribution in [0.4, 0.5) is 0 Å². The Morgan fingerprint density at radius 1 is 1.33 bits per heavy atom. The van der Waals surface area contributed by atoms with Crippen molar-refractivity contribution in [2.24, 2.45) is 11.8 Å². The molecule has 1 aromatic rings. The highest BCUT2D eigenvalue weighted by Crippen LogP contribution is 2.29. The summed E-state index contributed by atoms with van der Waals surface area (Å²) in [4.78, 5) is 0. The van der Waals surface area contributed by atoms with Gasteiger partial charge in [-0.2, -0.15) is 5.26 Å². The molecule has 2 rings (SSSR count). The van der Waals surface area contributed by atoms with E-state index < -0.39 is 0 Å². The molecule has 0 bridgehead atoms. The Balaban J connectivity index is 1.77. The molecule has 0 aliphatic heterocycles. The third-order valence-corrected chi connectivity index (χ3v) is 3.94. The smallest absolute Gasteiger partial charge is 0.0837 e.